The summed E-state index contributed by atoms with van der Waals surface area (Å²) in [5.41, 5.74) is -4.46. The van der Waals surface area contributed by atoms with Crippen LogP contribution in [0.1, 0.15) is 0 Å². The van der Waals surface area contributed by atoms with Gasteiger partial charge in [0, 0.05) is 6.20 Å². The zero-order valence-corrected chi connectivity index (χ0v) is 9.73. The van der Waals surface area contributed by atoms with Crippen LogP contribution >= 0.6 is 0 Å². The maximum atomic E-state index is 10.7. The van der Waals surface area contributed by atoms with Crippen LogP contribution in [-0.2, 0) is 10.1 Å². The summed E-state index contributed by atoms with van der Waals surface area (Å²) in [4.78, 5) is 20.8. The van der Waals surface area contributed by atoms with Crippen LogP contribution in [0.3, 0.4) is 0 Å². The van der Waals surface area contributed by atoms with E-state index in [9.17, 15) is 18.0 Å². The van der Waals surface area contributed by atoms with Gasteiger partial charge in [-0.15, -0.1) is 0 Å². The van der Waals surface area contributed by atoms with Gasteiger partial charge in [0.25, 0.3) is 0 Å². The fourth-order valence-electron chi connectivity index (χ4n) is 0.893. The molecule has 2 N–H and O–H groups in total. The standard InChI is InChI=1S/C7H5N3O.CHF3O3S/c11-7-9-4-6-5(10-7)2-1-3-8-6;2-1(3,4)8(5,6)7/h1-4H,(H,9,10,11);(H,5,6,7). The van der Waals surface area contributed by atoms with Crippen molar-refractivity contribution in [3.05, 3.63) is 35.0 Å². The number of rotatable bonds is 0. The molecule has 0 saturated heterocycles. The van der Waals surface area contributed by atoms with Crippen molar-refractivity contribution in [1.82, 2.24) is 15.0 Å². The molecule has 2 heterocycles. The molecular formula is C8H6F3N3O4S. The molecule has 0 bridgehead atoms. The molecular weight excluding hydrogens is 291 g/mol. The number of hydrogen-bond donors (Lipinski definition) is 2. The van der Waals surface area contributed by atoms with Crippen LogP contribution in [0, 0.1) is 0 Å². The van der Waals surface area contributed by atoms with Gasteiger partial charge in [-0.3, -0.25) is 9.54 Å². The average Bonchev–Trinajstić information content (AvgIpc) is 2.27. The van der Waals surface area contributed by atoms with Gasteiger partial charge in [0.2, 0.25) is 0 Å². The molecule has 0 atom stereocenters. The van der Waals surface area contributed by atoms with Crippen LogP contribution in [0.15, 0.2) is 29.3 Å². The Morgan fingerprint density at radius 2 is 1.84 bits per heavy atom. The van der Waals surface area contributed by atoms with Gasteiger partial charge in [0.15, 0.2) is 0 Å². The van der Waals surface area contributed by atoms with E-state index in [1.807, 2.05) is 0 Å². The van der Waals surface area contributed by atoms with Crippen LogP contribution in [-0.4, -0.2) is 33.4 Å². The molecule has 2 aromatic rings. The van der Waals surface area contributed by atoms with Gasteiger partial charge in [-0.1, -0.05) is 0 Å². The van der Waals surface area contributed by atoms with Crippen molar-refractivity contribution < 1.29 is 26.1 Å². The third-order valence-electron chi connectivity index (χ3n) is 1.68. The molecule has 7 nitrogen and oxygen atoms in total. The molecule has 104 valence electrons. The van der Waals surface area contributed by atoms with Gasteiger partial charge in [-0.05, 0) is 12.1 Å². The third kappa shape index (κ3) is 4.30. The maximum Gasteiger partial charge on any atom is 0.522 e. The number of aromatic amines is 1. The van der Waals surface area contributed by atoms with E-state index in [-0.39, 0.29) is 5.69 Å². The van der Waals surface area contributed by atoms with Gasteiger partial charge in [-0.2, -0.15) is 26.6 Å². The molecule has 0 radical (unpaired) electrons. The van der Waals surface area contributed by atoms with Gasteiger partial charge in [0.1, 0.15) is 5.52 Å². The Hall–Kier alpha value is -2.01. The lowest BCUT2D eigenvalue weighted by molar-refractivity contribution is -0.0510. The molecule has 11 heteroatoms. The van der Waals surface area contributed by atoms with E-state index < -0.39 is 15.6 Å². The highest BCUT2D eigenvalue weighted by atomic mass is 32.2. The van der Waals surface area contributed by atoms with E-state index in [0.29, 0.717) is 11.0 Å². The molecule has 0 aliphatic heterocycles. The monoisotopic (exact) mass is 297 g/mol. The molecule has 19 heavy (non-hydrogen) atoms. The number of pyridine rings is 1. The van der Waals surface area contributed by atoms with Crippen LogP contribution in [0.4, 0.5) is 13.2 Å². The number of nitrogens with zero attached hydrogens (tertiary/aromatic N) is 2. The second-order valence-corrected chi connectivity index (χ2v) is 4.46. The molecule has 2 aromatic heterocycles. The first kappa shape index (κ1) is 15.0. The highest BCUT2D eigenvalue weighted by Crippen LogP contribution is 2.20. The van der Waals surface area contributed by atoms with E-state index in [1.54, 1.807) is 18.3 Å². The van der Waals surface area contributed by atoms with E-state index in [2.05, 4.69) is 15.0 Å². The van der Waals surface area contributed by atoms with E-state index >= 15 is 0 Å². The van der Waals surface area contributed by atoms with Crippen LogP contribution in [0.25, 0.3) is 11.0 Å². The highest BCUT2D eigenvalue weighted by Gasteiger charge is 2.44. The normalized spacial score (nSPS) is 11.8. The Morgan fingerprint density at radius 3 is 2.37 bits per heavy atom. The predicted octanol–water partition coefficient (Wildman–Crippen LogP) is 0.712. The Balaban J connectivity index is 0.000000203. The number of hydrogen-bond acceptors (Lipinski definition) is 5. The molecule has 2 rings (SSSR count). The first-order chi connectivity index (χ1) is 8.61. The summed E-state index contributed by atoms with van der Waals surface area (Å²) in [6.45, 7) is 0. The van der Waals surface area contributed by atoms with Crippen molar-refractivity contribution in [3.8, 4) is 0 Å². The topological polar surface area (TPSA) is 113 Å². The summed E-state index contributed by atoms with van der Waals surface area (Å²) >= 11 is 0. The summed E-state index contributed by atoms with van der Waals surface area (Å²) in [5, 5.41) is 0. The summed E-state index contributed by atoms with van der Waals surface area (Å²) in [6, 6.07) is 3.55. The van der Waals surface area contributed by atoms with Crippen molar-refractivity contribution in [2.75, 3.05) is 0 Å². The zero-order chi connectivity index (χ0) is 14.7. The van der Waals surface area contributed by atoms with E-state index in [4.69, 9.17) is 13.0 Å². The van der Waals surface area contributed by atoms with Gasteiger partial charge in [0.05, 0.1) is 11.7 Å². The average molecular weight is 297 g/mol. The van der Waals surface area contributed by atoms with Crippen molar-refractivity contribution in [2.45, 2.75) is 5.51 Å². The van der Waals surface area contributed by atoms with Crippen molar-refractivity contribution in [2.24, 2.45) is 0 Å². The largest absolute Gasteiger partial charge is 0.522 e. The number of halogens is 3. The number of H-pyrrole nitrogens is 1. The van der Waals surface area contributed by atoms with Crippen molar-refractivity contribution in [1.29, 1.82) is 0 Å². The Morgan fingerprint density at radius 1 is 1.26 bits per heavy atom. The fourth-order valence-corrected chi connectivity index (χ4v) is 0.893. The molecule has 0 aromatic carbocycles. The predicted molar refractivity (Wildman–Crippen MR) is 57.8 cm³/mol. The molecule has 0 amide bonds. The molecule has 0 spiro atoms. The lowest BCUT2D eigenvalue weighted by atomic mass is 10.4. The number of aromatic nitrogens is 3. The molecule has 0 saturated carbocycles. The maximum absolute atomic E-state index is 10.7. The van der Waals surface area contributed by atoms with Gasteiger partial charge >= 0.3 is 21.3 Å². The number of fused-ring (bicyclic) bond motifs is 1. The van der Waals surface area contributed by atoms with E-state index in [0.717, 1.165) is 0 Å². The first-order valence-electron chi connectivity index (χ1n) is 4.45. The van der Waals surface area contributed by atoms with E-state index in [1.165, 1.54) is 6.20 Å². The summed E-state index contributed by atoms with van der Waals surface area (Å²) in [7, 11) is -5.84. The lowest BCUT2D eigenvalue weighted by Crippen LogP contribution is -2.21. The third-order valence-corrected chi connectivity index (χ3v) is 2.26. The minimum Gasteiger partial charge on any atom is -0.304 e. The van der Waals surface area contributed by atoms with Crippen molar-refractivity contribution in [3.63, 3.8) is 0 Å². The lowest BCUT2D eigenvalue weighted by Gasteiger charge is -1.97. The SMILES string of the molecule is O=S(=O)(O)C(F)(F)F.O=c1ncc2ncccc2[nH]1. The molecule has 0 aliphatic carbocycles. The Labute approximate surface area is 103 Å². The zero-order valence-electron chi connectivity index (χ0n) is 8.92. The molecule has 0 unspecified atom stereocenters. The Bertz CT molecular complexity index is 726. The smallest absolute Gasteiger partial charge is 0.304 e. The Kier molecular flexibility index (Phi) is 4.21. The first-order valence-corrected chi connectivity index (χ1v) is 5.89. The second-order valence-electron chi connectivity index (χ2n) is 3.05. The summed E-state index contributed by atoms with van der Waals surface area (Å²) in [6.07, 6.45) is 3.11. The minimum atomic E-state index is -5.84. The number of alkyl halides is 3. The molecule has 0 fully saturated rings. The number of nitrogens with one attached hydrogen (secondary N) is 1. The van der Waals surface area contributed by atoms with Crippen LogP contribution in [0.2, 0.25) is 0 Å². The summed E-state index contributed by atoms with van der Waals surface area (Å²) < 4.78 is 57.5. The summed E-state index contributed by atoms with van der Waals surface area (Å²) in [5.74, 6) is 0. The van der Waals surface area contributed by atoms with Crippen molar-refractivity contribution >= 4 is 21.2 Å². The quantitative estimate of drug-likeness (QED) is 0.547. The minimum absolute atomic E-state index is 0.342. The second kappa shape index (κ2) is 5.32. The van der Waals surface area contributed by atoms with Gasteiger partial charge in [-0.25, -0.2) is 4.79 Å². The van der Waals surface area contributed by atoms with Crippen LogP contribution < -0.4 is 5.69 Å². The fraction of sp³-hybridized carbons (Fsp3) is 0.125. The van der Waals surface area contributed by atoms with Gasteiger partial charge < -0.3 is 4.98 Å². The van der Waals surface area contributed by atoms with Crippen LogP contribution in [0.5, 0.6) is 0 Å². The highest BCUT2D eigenvalue weighted by molar-refractivity contribution is 7.86. The molecule has 0 aliphatic rings.